The van der Waals surface area contributed by atoms with E-state index in [2.05, 4.69) is 5.32 Å². The van der Waals surface area contributed by atoms with Crippen LogP contribution in [0, 0.1) is 22.0 Å². The second-order valence-corrected chi connectivity index (χ2v) is 10.3. The maximum Gasteiger partial charge on any atom is 0.336 e. The number of nitro groups is 1. The molecule has 0 spiro atoms. The summed E-state index contributed by atoms with van der Waals surface area (Å²) in [6.07, 6.45) is 0.308. The molecule has 0 unspecified atom stereocenters. The number of hydrogen-bond donors (Lipinski definition) is 1. The Labute approximate surface area is 217 Å². The molecule has 4 rings (SSSR count). The number of ketones is 1. The molecule has 0 fully saturated rings. The maximum absolute atomic E-state index is 13.8. The number of nitrogens with zero attached hydrogens (tertiary/aromatic N) is 1. The van der Waals surface area contributed by atoms with Gasteiger partial charge in [0, 0.05) is 28.3 Å². The third-order valence-corrected chi connectivity index (χ3v) is 7.52. The number of nitro benzene ring substituents is 1. The van der Waals surface area contributed by atoms with E-state index < -0.39 is 34.5 Å². The Morgan fingerprint density at radius 2 is 1.97 bits per heavy atom. The molecule has 0 aromatic heterocycles. The van der Waals surface area contributed by atoms with Crippen molar-refractivity contribution < 1.29 is 38.3 Å². The van der Waals surface area contributed by atoms with Crippen LogP contribution in [-0.4, -0.2) is 54.7 Å². The monoisotopic (exact) mass is 532 g/mol. The number of ether oxygens (including phenoxy) is 4. The number of carbonyl (C=O) groups excluding carboxylic acids is 3. The van der Waals surface area contributed by atoms with Crippen molar-refractivity contribution in [1.82, 2.24) is 5.32 Å². The first-order valence-electron chi connectivity index (χ1n) is 11.8. The van der Waals surface area contributed by atoms with E-state index in [0.29, 0.717) is 23.6 Å². The van der Waals surface area contributed by atoms with E-state index in [9.17, 15) is 24.5 Å². The van der Waals surface area contributed by atoms with Crippen molar-refractivity contribution in [3.8, 4) is 11.5 Å². The van der Waals surface area contributed by atoms with Crippen LogP contribution in [0.2, 0.25) is 0 Å². The zero-order valence-corrected chi connectivity index (χ0v) is 21.8. The lowest BCUT2D eigenvalue weighted by molar-refractivity contribution is -0.385. The van der Waals surface area contributed by atoms with Gasteiger partial charge in [0.1, 0.15) is 12.5 Å². The highest BCUT2D eigenvalue weighted by Crippen LogP contribution is 2.50. The number of allylic oxidation sites excluding steroid dienone is 3. The van der Waals surface area contributed by atoms with E-state index in [4.69, 9.17) is 18.9 Å². The molecule has 3 atom stereocenters. The summed E-state index contributed by atoms with van der Waals surface area (Å²) in [6.45, 7) is 5.42. The Morgan fingerprint density at radius 1 is 1.27 bits per heavy atom. The van der Waals surface area contributed by atoms with Crippen molar-refractivity contribution in [3.63, 3.8) is 0 Å². The minimum Gasteiger partial charge on any atom is -0.468 e. The SMILES string of the molecule is CCSCCOC(=O)C1=C(C)NC2=C(C(=O)[C@@H](C(=O)OC)[C@H](C)C2)[C@@H]1c1cc2c(cc1[N+](=O)[O-])OCO2. The van der Waals surface area contributed by atoms with Gasteiger partial charge in [-0.15, -0.1) is 0 Å². The van der Waals surface area contributed by atoms with Crippen LogP contribution in [0.25, 0.3) is 0 Å². The maximum atomic E-state index is 13.8. The van der Waals surface area contributed by atoms with E-state index in [-0.39, 0.29) is 53.2 Å². The van der Waals surface area contributed by atoms with Gasteiger partial charge >= 0.3 is 11.9 Å². The predicted octanol–water partition coefficient (Wildman–Crippen LogP) is 3.23. The zero-order valence-electron chi connectivity index (χ0n) is 21.0. The number of rotatable bonds is 8. The number of nitrogens with one attached hydrogen (secondary N) is 1. The fraction of sp³-hybridized carbons (Fsp3) is 0.480. The number of Topliss-reactive ketones (excluding diaryl/α,β-unsaturated/α-hetero) is 1. The second kappa shape index (κ2) is 10.8. The number of methoxy groups -OCH3 is 1. The van der Waals surface area contributed by atoms with Crippen LogP contribution < -0.4 is 14.8 Å². The zero-order chi connectivity index (χ0) is 26.9. The molecule has 2 aliphatic heterocycles. The molecule has 0 amide bonds. The van der Waals surface area contributed by atoms with Gasteiger partial charge in [0.25, 0.3) is 5.69 Å². The third-order valence-electron chi connectivity index (χ3n) is 6.66. The molecule has 3 aliphatic rings. The molecule has 1 aliphatic carbocycles. The van der Waals surface area contributed by atoms with Gasteiger partial charge < -0.3 is 24.3 Å². The number of benzene rings is 1. The fourth-order valence-electron chi connectivity index (χ4n) is 5.01. The molecule has 11 nitrogen and oxygen atoms in total. The van der Waals surface area contributed by atoms with Crippen molar-refractivity contribution in [3.05, 3.63) is 50.4 Å². The first kappa shape index (κ1) is 26.5. The van der Waals surface area contributed by atoms with Crippen LogP contribution in [0.15, 0.2) is 34.7 Å². The number of esters is 2. The molecule has 198 valence electrons. The summed E-state index contributed by atoms with van der Waals surface area (Å²) in [5.41, 5.74) is 0.822. The smallest absolute Gasteiger partial charge is 0.336 e. The number of carbonyl (C=O) groups is 3. The first-order valence-corrected chi connectivity index (χ1v) is 13.0. The molecule has 37 heavy (non-hydrogen) atoms. The van der Waals surface area contributed by atoms with Gasteiger partial charge in [-0.25, -0.2) is 4.79 Å². The number of fused-ring (bicyclic) bond motifs is 1. The normalized spacial score (nSPS) is 22.4. The van der Waals surface area contributed by atoms with Gasteiger partial charge in [-0.3, -0.25) is 19.7 Å². The molecule has 2 heterocycles. The van der Waals surface area contributed by atoms with Crippen LogP contribution in [-0.2, 0) is 23.9 Å². The molecule has 0 radical (unpaired) electrons. The highest BCUT2D eigenvalue weighted by atomic mass is 32.2. The fourth-order valence-corrected chi connectivity index (χ4v) is 5.50. The van der Waals surface area contributed by atoms with Crippen LogP contribution in [0.1, 0.15) is 38.7 Å². The highest BCUT2D eigenvalue weighted by molar-refractivity contribution is 7.99. The summed E-state index contributed by atoms with van der Waals surface area (Å²) in [5, 5.41) is 15.3. The van der Waals surface area contributed by atoms with Crippen molar-refractivity contribution in [2.45, 2.75) is 33.1 Å². The van der Waals surface area contributed by atoms with Gasteiger partial charge in [-0.05, 0) is 31.1 Å². The van der Waals surface area contributed by atoms with Crippen LogP contribution >= 0.6 is 11.8 Å². The Balaban J connectivity index is 1.89. The van der Waals surface area contributed by atoms with Crippen LogP contribution in [0.3, 0.4) is 0 Å². The van der Waals surface area contributed by atoms with E-state index in [1.807, 2.05) is 6.92 Å². The summed E-state index contributed by atoms with van der Waals surface area (Å²) >= 11 is 1.60. The lowest BCUT2D eigenvalue weighted by Gasteiger charge is -2.38. The number of dihydropyridines is 1. The van der Waals surface area contributed by atoms with Crippen molar-refractivity contribution in [1.29, 1.82) is 0 Å². The quantitative estimate of drug-likeness (QED) is 0.173. The van der Waals surface area contributed by atoms with Crippen molar-refractivity contribution >= 4 is 35.2 Å². The van der Waals surface area contributed by atoms with Gasteiger partial charge in [-0.1, -0.05) is 13.8 Å². The number of hydrogen-bond acceptors (Lipinski definition) is 11. The lowest BCUT2D eigenvalue weighted by Crippen LogP contribution is -2.43. The molecule has 1 N–H and O–H groups in total. The highest BCUT2D eigenvalue weighted by Gasteiger charge is 2.49. The molecule has 0 saturated heterocycles. The topological polar surface area (TPSA) is 143 Å². The summed E-state index contributed by atoms with van der Waals surface area (Å²) in [5.74, 6) is -2.74. The second-order valence-electron chi connectivity index (χ2n) is 8.89. The average molecular weight is 533 g/mol. The van der Waals surface area contributed by atoms with E-state index in [1.165, 1.54) is 19.2 Å². The lowest BCUT2D eigenvalue weighted by atomic mass is 9.69. The van der Waals surface area contributed by atoms with Gasteiger partial charge in [0.05, 0.1) is 29.6 Å². The summed E-state index contributed by atoms with van der Waals surface area (Å²) in [7, 11) is 1.20. The Morgan fingerprint density at radius 3 is 2.62 bits per heavy atom. The third kappa shape index (κ3) is 4.89. The van der Waals surface area contributed by atoms with Crippen molar-refractivity contribution in [2.75, 3.05) is 32.0 Å². The molecule has 0 bridgehead atoms. The predicted molar refractivity (Wildman–Crippen MR) is 133 cm³/mol. The van der Waals surface area contributed by atoms with Crippen LogP contribution in [0.4, 0.5) is 5.69 Å². The van der Waals surface area contributed by atoms with E-state index >= 15 is 0 Å². The standard InChI is InChI=1S/C25H28N2O9S/c1-5-37-7-6-34-25(30)20-13(3)26-15-8-12(2)19(24(29)33-4)23(28)22(15)21(20)14-9-17-18(36-11-35-17)10-16(14)27(31)32/h9-10,12,19,21,26H,5-8,11H2,1-4H3/t12-,19+,21-/m1/s1. The van der Waals surface area contributed by atoms with Gasteiger partial charge in [-0.2, -0.15) is 11.8 Å². The van der Waals surface area contributed by atoms with Gasteiger partial charge in [0.15, 0.2) is 17.3 Å². The largest absolute Gasteiger partial charge is 0.468 e. The summed E-state index contributed by atoms with van der Waals surface area (Å²) in [6, 6.07) is 2.65. The summed E-state index contributed by atoms with van der Waals surface area (Å²) in [4.78, 5) is 51.4. The van der Waals surface area contributed by atoms with E-state index in [1.54, 1.807) is 25.6 Å². The Bertz CT molecular complexity index is 1220. The van der Waals surface area contributed by atoms with Gasteiger partial charge in [0.2, 0.25) is 6.79 Å². The minimum absolute atomic E-state index is 0.0636. The Hall–Kier alpha value is -3.54. The number of thioether (sulfide) groups is 1. The molecular weight excluding hydrogens is 504 g/mol. The minimum atomic E-state index is -1.16. The first-order chi connectivity index (χ1) is 17.7. The molecule has 0 saturated carbocycles. The van der Waals surface area contributed by atoms with E-state index in [0.717, 1.165) is 5.75 Å². The Kier molecular flexibility index (Phi) is 7.76. The van der Waals surface area contributed by atoms with Crippen molar-refractivity contribution in [2.24, 2.45) is 11.8 Å². The average Bonchev–Trinajstić information content (AvgIpc) is 3.32. The molecular formula is C25H28N2O9S. The molecule has 12 heteroatoms. The molecule has 1 aromatic rings. The summed E-state index contributed by atoms with van der Waals surface area (Å²) < 4.78 is 21.2. The molecule has 1 aromatic carbocycles. The van der Waals surface area contributed by atoms with Crippen LogP contribution in [0.5, 0.6) is 11.5 Å².